The summed E-state index contributed by atoms with van der Waals surface area (Å²) < 4.78 is 0. The van der Waals surface area contributed by atoms with Crippen LogP contribution in [0.3, 0.4) is 0 Å². The monoisotopic (exact) mass is 231 g/mol. The Morgan fingerprint density at radius 1 is 1.24 bits per heavy atom. The summed E-state index contributed by atoms with van der Waals surface area (Å²) in [6, 6.07) is 6.90. The van der Waals surface area contributed by atoms with E-state index in [9.17, 15) is 0 Å². The molecule has 2 unspecified atom stereocenters. The van der Waals surface area contributed by atoms with Crippen molar-refractivity contribution in [2.24, 2.45) is 5.92 Å². The molecule has 0 amide bonds. The third-order valence-electron chi connectivity index (χ3n) is 4.09. The maximum atomic E-state index is 3.57. The quantitative estimate of drug-likeness (QED) is 0.760. The fraction of sp³-hybridized carbons (Fsp3) is 0.625. The molecule has 0 aliphatic heterocycles. The molecule has 2 atom stereocenters. The minimum Gasteiger partial charge on any atom is -0.316 e. The van der Waals surface area contributed by atoms with Gasteiger partial charge in [-0.1, -0.05) is 30.7 Å². The van der Waals surface area contributed by atoms with E-state index >= 15 is 0 Å². The second kappa shape index (κ2) is 5.68. The van der Waals surface area contributed by atoms with Crippen molar-refractivity contribution in [1.82, 2.24) is 5.32 Å². The Bertz CT molecular complexity index is 370. The molecule has 1 nitrogen and oxygen atoms in total. The van der Waals surface area contributed by atoms with E-state index in [-0.39, 0.29) is 0 Å². The molecule has 1 aromatic rings. The SMILES string of the molecule is CCCNCC1CCC1c1cc(C)ccc1C. The van der Waals surface area contributed by atoms with E-state index in [0.717, 1.165) is 18.4 Å². The van der Waals surface area contributed by atoms with Crippen LogP contribution in [0.15, 0.2) is 18.2 Å². The molecule has 94 valence electrons. The van der Waals surface area contributed by atoms with Gasteiger partial charge in [-0.15, -0.1) is 0 Å². The molecule has 0 bridgehead atoms. The van der Waals surface area contributed by atoms with E-state index in [1.165, 1.54) is 36.9 Å². The highest BCUT2D eigenvalue weighted by Gasteiger charge is 2.32. The Hall–Kier alpha value is -0.820. The van der Waals surface area contributed by atoms with Gasteiger partial charge >= 0.3 is 0 Å². The van der Waals surface area contributed by atoms with Crippen molar-refractivity contribution in [2.45, 2.75) is 46.0 Å². The van der Waals surface area contributed by atoms with Gasteiger partial charge in [0.05, 0.1) is 0 Å². The van der Waals surface area contributed by atoms with Gasteiger partial charge in [0.1, 0.15) is 0 Å². The van der Waals surface area contributed by atoms with Crippen LogP contribution in [0.25, 0.3) is 0 Å². The number of hydrogen-bond donors (Lipinski definition) is 1. The highest BCUT2D eigenvalue weighted by Crippen LogP contribution is 2.43. The number of nitrogens with one attached hydrogen (secondary N) is 1. The van der Waals surface area contributed by atoms with Crippen LogP contribution < -0.4 is 5.32 Å². The van der Waals surface area contributed by atoms with Gasteiger partial charge < -0.3 is 5.32 Å². The molecular formula is C16H25N. The van der Waals surface area contributed by atoms with E-state index in [1.54, 1.807) is 5.56 Å². The first kappa shape index (κ1) is 12.6. The van der Waals surface area contributed by atoms with Gasteiger partial charge in [-0.05, 0) is 69.2 Å². The number of aryl methyl sites for hydroxylation is 2. The summed E-state index contributed by atoms with van der Waals surface area (Å²) in [5, 5.41) is 3.57. The van der Waals surface area contributed by atoms with E-state index in [2.05, 4.69) is 44.3 Å². The third-order valence-corrected chi connectivity index (χ3v) is 4.09. The molecule has 1 aliphatic rings. The summed E-state index contributed by atoms with van der Waals surface area (Å²) in [5.41, 5.74) is 4.47. The molecule has 1 N–H and O–H groups in total. The molecule has 0 aromatic heterocycles. The average Bonchev–Trinajstić information content (AvgIpc) is 2.28. The molecule has 2 rings (SSSR count). The second-order valence-corrected chi connectivity index (χ2v) is 5.51. The summed E-state index contributed by atoms with van der Waals surface area (Å²) in [7, 11) is 0. The minimum absolute atomic E-state index is 0.805. The molecule has 1 aromatic carbocycles. The van der Waals surface area contributed by atoms with Gasteiger partial charge in [0.25, 0.3) is 0 Å². The third kappa shape index (κ3) is 2.90. The van der Waals surface area contributed by atoms with Crippen LogP contribution in [0.1, 0.15) is 48.8 Å². The molecule has 1 fully saturated rings. The largest absolute Gasteiger partial charge is 0.316 e. The molecule has 0 radical (unpaired) electrons. The lowest BCUT2D eigenvalue weighted by Crippen LogP contribution is -2.34. The number of benzene rings is 1. The topological polar surface area (TPSA) is 12.0 Å². The van der Waals surface area contributed by atoms with Crippen LogP contribution in [0.4, 0.5) is 0 Å². The van der Waals surface area contributed by atoms with E-state index in [1.807, 2.05) is 0 Å². The van der Waals surface area contributed by atoms with Gasteiger partial charge in [0.15, 0.2) is 0 Å². The minimum atomic E-state index is 0.805. The molecule has 0 heterocycles. The van der Waals surface area contributed by atoms with Crippen molar-refractivity contribution in [3.8, 4) is 0 Å². The fourth-order valence-corrected chi connectivity index (χ4v) is 2.85. The zero-order valence-electron chi connectivity index (χ0n) is 11.4. The average molecular weight is 231 g/mol. The van der Waals surface area contributed by atoms with Gasteiger partial charge in [0.2, 0.25) is 0 Å². The molecule has 0 spiro atoms. The molecule has 1 heteroatoms. The van der Waals surface area contributed by atoms with E-state index < -0.39 is 0 Å². The summed E-state index contributed by atoms with van der Waals surface area (Å²) in [6.07, 6.45) is 4.01. The summed E-state index contributed by atoms with van der Waals surface area (Å²) in [6.45, 7) is 9.05. The lowest BCUT2D eigenvalue weighted by molar-refractivity contribution is 0.245. The molecular weight excluding hydrogens is 206 g/mol. The normalized spacial score (nSPS) is 23.5. The molecule has 17 heavy (non-hydrogen) atoms. The van der Waals surface area contributed by atoms with Crippen molar-refractivity contribution in [3.05, 3.63) is 34.9 Å². The standard InChI is InChI=1S/C16H25N/c1-4-9-17-11-14-7-8-15(14)16-10-12(2)5-6-13(16)3/h5-6,10,14-15,17H,4,7-9,11H2,1-3H3. The van der Waals surface area contributed by atoms with Crippen molar-refractivity contribution >= 4 is 0 Å². The van der Waals surface area contributed by atoms with Crippen molar-refractivity contribution in [3.63, 3.8) is 0 Å². The first-order valence-corrected chi connectivity index (χ1v) is 7.00. The fourth-order valence-electron chi connectivity index (χ4n) is 2.85. The van der Waals surface area contributed by atoms with Crippen molar-refractivity contribution in [1.29, 1.82) is 0 Å². The molecule has 1 saturated carbocycles. The van der Waals surface area contributed by atoms with Gasteiger partial charge in [0, 0.05) is 0 Å². The van der Waals surface area contributed by atoms with Crippen LogP contribution in [0, 0.1) is 19.8 Å². The number of hydrogen-bond acceptors (Lipinski definition) is 1. The highest BCUT2D eigenvalue weighted by molar-refractivity contribution is 5.35. The highest BCUT2D eigenvalue weighted by atomic mass is 14.9. The number of rotatable bonds is 5. The maximum Gasteiger partial charge on any atom is -0.00147 e. The molecule has 0 saturated heterocycles. The van der Waals surface area contributed by atoms with Gasteiger partial charge in [-0.3, -0.25) is 0 Å². The van der Waals surface area contributed by atoms with Crippen LogP contribution in [-0.4, -0.2) is 13.1 Å². The Labute approximate surface area is 106 Å². The van der Waals surface area contributed by atoms with E-state index in [0.29, 0.717) is 0 Å². The summed E-state index contributed by atoms with van der Waals surface area (Å²) >= 11 is 0. The van der Waals surface area contributed by atoms with Crippen molar-refractivity contribution < 1.29 is 0 Å². The second-order valence-electron chi connectivity index (χ2n) is 5.51. The Morgan fingerprint density at radius 3 is 2.71 bits per heavy atom. The Kier molecular flexibility index (Phi) is 4.22. The Balaban J connectivity index is 1.99. The zero-order chi connectivity index (χ0) is 12.3. The van der Waals surface area contributed by atoms with Crippen LogP contribution in [0.2, 0.25) is 0 Å². The maximum absolute atomic E-state index is 3.57. The van der Waals surface area contributed by atoms with Crippen molar-refractivity contribution in [2.75, 3.05) is 13.1 Å². The lowest BCUT2D eigenvalue weighted by Gasteiger charge is -2.38. The summed E-state index contributed by atoms with van der Waals surface area (Å²) in [4.78, 5) is 0. The van der Waals surface area contributed by atoms with Crippen LogP contribution in [-0.2, 0) is 0 Å². The van der Waals surface area contributed by atoms with E-state index in [4.69, 9.17) is 0 Å². The first-order chi connectivity index (χ1) is 8.22. The predicted molar refractivity (Wildman–Crippen MR) is 74.5 cm³/mol. The lowest BCUT2D eigenvalue weighted by atomic mass is 9.69. The van der Waals surface area contributed by atoms with Gasteiger partial charge in [-0.25, -0.2) is 0 Å². The van der Waals surface area contributed by atoms with Crippen LogP contribution in [0.5, 0.6) is 0 Å². The smallest absolute Gasteiger partial charge is 0.00147 e. The van der Waals surface area contributed by atoms with Gasteiger partial charge in [-0.2, -0.15) is 0 Å². The first-order valence-electron chi connectivity index (χ1n) is 7.00. The predicted octanol–water partition coefficient (Wildman–Crippen LogP) is 3.80. The van der Waals surface area contributed by atoms with Crippen LogP contribution >= 0.6 is 0 Å². The summed E-state index contributed by atoms with van der Waals surface area (Å²) in [5.74, 6) is 1.67. The Morgan fingerprint density at radius 2 is 2.06 bits per heavy atom. The molecule has 1 aliphatic carbocycles. The zero-order valence-corrected chi connectivity index (χ0v) is 11.4.